The maximum absolute atomic E-state index is 5.80. The minimum Gasteiger partial charge on any atom is -0.493 e. The summed E-state index contributed by atoms with van der Waals surface area (Å²) in [5, 5.41) is 2.33. The summed E-state index contributed by atoms with van der Waals surface area (Å²) in [6.45, 7) is 8.12. The standard InChI is InChI=1S/C20H27NO2/c1-15(2)14-23-19-11-10-17(12-20(19)22-4)13-21-16(3)18-8-6-5-7-9-18/h5-12,15-16,21H,13-14H2,1-4H3/p+1/t16-/m1/s1. The van der Waals surface area contributed by atoms with E-state index in [1.54, 1.807) is 7.11 Å². The van der Waals surface area contributed by atoms with Crippen LogP contribution in [0.2, 0.25) is 0 Å². The molecular formula is C20H28NO2+. The Morgan fingerprint density at radius 3 is 2.35 bits per heavy atom. The molecule has 0 aromatic heterocycles. The molecule has 0 aliphatic rings. The van der Waals surface area contributed by atoms with Crippen molar-refractivity contribution in [1.29, 1.82) is 0 Å². The lowest BCUT2D eigenvalue weighted by Crippen LogP contribution is -2.83. The highest BCUT2D eigenvalue weighted by Gasteiger charge is 2.11. The summed E-state index contributed by atoms with van der Waals surface area (Å²) < 4.78 is 11.3. The van der Waals surface area contributed by atoms with Gasteiger partial charge in [-0.05, 0) is 31.0 Å². The molecule has 0 heterocycles. The average molecular weight is 314 g/mol. The van der Waals surface area contributed by atoms with E-state index in [1.807, 2.05) is 6.07 Å². The first-order chi connectivity index (χ1) is 11.1. The second-order valence-corrected chi connectivity index (χ2v) is 6.33. The Balaban J connectivity index is 1.97. The van der Waals surface area contributed by atoms with Gasteiger partial charge in [0.25, 0.3) is 0 Å². The van der Waals surface area contributed by atoms with Gasteiger partial charge in [0.1, 0.15) is 12.6 Å². The van der Waals surface area contributed by atoms with E-state index in [4.69, 9.17) is 9.47 Å². The van der Waals surface area contributed by atoms with E-state index in [0.29, 0.717) is 18.6 Å². The maximum Gasteiger partial charge on any atom is 0.161 e. The van der Waals surface area contributed by atoms with Gasteiger partial charge in [-0.25, -0.2) is 0 Å². The lowest BCUT2D eigenvalue weighted by Gasteiger charge is -2.14. The molecular weight excluding hydrogens is 286 g/mol. The van der Waals surface area contributed by atoms with Gasteiger partial charge < -0.3 is 14.8 Å². The van der Waals surface area contributed by atoms with Crippen molar-refractivity contribution in [2.24, 2.45) is 5.92 Å². The van der Waals surface area contributed by atoms with Crippen LogP contribution in [0.15, 0.2) is 48.5 Å². The minimum atomic E-state index is 0.430. The predicted octanol–water partition coefficient (Wildman–Crippen LogP) is 3.55. The first kappa shape index (κ1) is 17.4. The van der Waals surface area contributed by atoms with Crippen LogP contribution in [0.25, 0.3) is 0 Å². The highest BCUT2D eigenvalue weighted by molar-refractivity contribution is 5.42. The van der Waals surface area contributed by atoms with Crippen LogP contribution in [0.1, 0.15) is 37.9 Å². The molecule has 124 valence electrons. The number of hydrogen-bond donors (Lipinski definition) is 1. The molecule has 1 atom stereocenters. The van der Waals surface area contributed by atoms with Crippen molar-refractivity contribution < 1.29 is 14.8 Å². The average Bonchev–Trinajstić information content (AvgIpc) is 2.58. The molecule has 0 bridgehead atoms. The van der Waals surface area contributed by atoms with Crippen molar-refractivity contribution in [1.82, 2.24) is 0 Å². The van der Waals surface area contributed by atoms with E-state index in [9.17, 15) is 0 Å². The number of quaternary nitrogens is 1. The van der Waals surface area contributed by atoms with Crippen LogP contribution in [0.4, 0.5) is 0 Å². The molecule has 0 aliphatic carbocycles. The van der Waals surface area contributed by atoms with E-state index in [-0.39, 0.29) is 0 Å². The molecule has 0 aliphatic heterocycles. The summed E-state index contributed by atoms with van der Waals surface area (Å²) in [5.74, 6) is 2.13. The molecule has 0 saturated carbocycles. The number of nitrogens with two attached hydrogens (primary N) is 1. The largest absolute Gasteiger partial charge is 0.493 e. The van der Waals surface area contributed by atoms with Gasteiger partial charge in [-0.3, -0.25) is 0 Å². The van der Waals surface area contributed by atoms with Crippen LogP contribution in [0, 0.1) is 5.92 Å². The molecule has 3 heteroatoms. The quantitative estimate of drug-likeness (QED) is 0.808. The van der Waals surface area contributed by atoms with Gasteiger partial charge in [-0.1, -0.05) is 44.2 Å². The summed E-state index contributed by atoms with van der Waals surface area (Å²) in [6.07, 6.45) is 0. The van der Waals surface area contributed by atoms with E-state index in [1.165, 1.54) is 11.1 Å². The van der Waals surface area contributed by atoms with Crippen LogP contribution in [-0.2, 0) is 6.54 Å². The zero-order valence-electron chi connectivity index (χ0n) is 14.6. The Labute approximate surface area is 139 Å². The van der Waals surface area contributed by atoms with Crippen molar-refractivity contribution >= 4 is 0 Å². The summed E-state index contributed by atoms with van der Waals surface area (Å²) in [7, 11) is 1.69. The second kappa shape index (κ2) is 8.59. The van der Waals surface area contributed by atoms with Crippen LogP contribution in [-0.4, -0.2) is 13.7 Å². The third-order valence-electron chi connectivity index (χ3n) is 3.83. The fourth-order valence-electron chi connectivity index (χ4n) is 2.42. The predicted molar refractivity (Wildman–Crippen MR) is 93.8 cm³/mol. The smallest absolute Gasteiger partial charge is 0.161 e. The topological polar surface area (TPSA) is 35.1 Å². The second-order valence-electron chi connectivity index (χ2n) is 6.33. The van der Waals surface area contributed by atoms with E-state index in [2.05, 4.69) is 68.6 Å². The Hall–Kier alpha value is -2.00. The number of rotatable bonds is 8. The van der Waals surface area contributed by atoms with Crippen LogP contribution < -0.4 is 14.8 Å². The summed E-state index contributed by atoms with van der Waals surface area (Å²) in [5.41, 5.74) is 2.58. The van der Waals surface area contributed by atoms with Crippen molar-refractivity contribution in [3.05, 3.63) is 59.7 Å². The Morgan fingerprint density at radius 2 is 1.70 bits per heavy atom. The molecule has 2 aromatic carbocycles. The monoisotopic (exact) mass is 314 g/mol. The lowest BCUT2D eigenvalue weighted by molar-refractivity contribution is -0.707. The zero-order valence-corrected chi connectivity index (χ0v) is 14.6. The van der Waals surface area contributed by atoms with Gasteiger partial charge in [0.15, 0.2) is 11.5 Å². The summed E-state index contributed by atoms with van der Waals surface area (Å²) >= 11 is 0. The van der Waals surface area contributed by atoms with Crippen molar-refractivity contribution in [2.75, 3.05) is 13.7 Å². The molecule has 23 heavy (non-hydrogen) atoms. The number of methoxy groups -OCH3 is 1. The molecule has 0 fully saturated rings. The van der Waals surface area contributed by atoms with Gasteiger partial charge in [-0.15, -0.1) is 0 Å². The Bertz CT molecular complexity index is 596. The molecule has 0 saturated heterocycles. The normalized spacial score (nSPS) is 12.2. The highest BCUT2D eigenvalue weighted by Crippen LogP contribution is 2.28. The van der Waals surface area contributed by atoms with Crippen molar-refractivity contribution in [3.63, 3.8) is 0 Å². The fourth-order valence-corrected chi connectivity index (χ4v) is 2.42. The van der Waals surface area contributed by atoms with Gasteiger partial charge in [0.2, 0.25) is 0 Å². The van der Waals surface area contributed by atoms with Gasteiger partial charge in [0.05, 0.1) is 13.7 Å². The van der Waals surface area contributed by atoms with E-state index < -0.39 is 0 Å². The molecule has 3 nitrogen and oxygen atoms in total. The number of benzene rings is 2. The highest BCUT2D eigenvalue weighted by atomic mass is 16.5. The third-order valence-corrected chi connectivity index (χ3v) is 3.83. The number of hydrogen-bond acceptors (Lipinski definition) is 2. The first-order valence-electron chi connectivity index (χ1n) is 8.28. The van der Waals surface area contributed by atoms with Crippen LogP contribution in [0.3, 0.4) is 0 Å². The maximum atomic E-state index is 5.80. The Kier molecular flexibility index (Phi) is 6.48. The van der Waals surface area contributed by atoms with Crippen molar-refractivity contribution in [2.45, 2.75) is 33.4 Å². The van der Waals surface area contributed by atoms with Crippen LogP contribution >= 0.6 is 0 Å². The Morgan fingerprint density at radius 1 is 0.957 bits per heavy atom. The van der Waals surface area contributed by atoms with Crippen LogP contribution in [0.5, 0.6) is 11.5 Å². The molecule has 0 radical (unpaired) electrons. The van der Waals surface area contributed by atoms with Gasteiger partial charge in [-0.2, -0.15) is 0 Å². The van der Waals surface area contributed by atoms with Gasteiger partial charge in [0, 0.05) is 11.1 Å². The molecule has 0 spiro atoms. The van der Waals surface area contributed by atoms with E-state index >= 15 is 0 Å². The fraction of sp³-hybridized carbons (Fsp3) is 0.400. The lowest BCUT2D eigenvalue weighted by atomic mass is 10.1. The summed E-state index contributed by atoms with van der Waals surface area (Å²) in [4.78, 5) is 0. The molecule has 2 N–H and O–H groups in total. The SMILES string of the molecule is COc1cc(C[NH2+][C@H](C)c2ccccc2)ccc1OCC(C)C. The molecule has 2 rings (SSSR count). The van der Waals surface area contributed by atoms with E-state index in [0.717, 1.165) is 18.0 Å². The zero-order chi connectivity index (χ0) is 16.7. The molecule has 2 aromatic rings. The number of ether oxygens (including phenoxy) is 2. The minimum absolute atomic E-state index is 0.430. The molecule has 0 amide bonds. The molecule has 0 unspecified atom stereocenters. The summed E-state index contributed by atoms with van der Waals surface area (Å²) in [6, 6.07) is 17.2. The first-order valence-corrected chi connectivity index (χ1v) is 8.28. The van der Waals surface area contributed by atoms with Crippen molar-refractivity contribution in [3.8, 4) is 11.5 Å². The third kappa shape index (κ3) is 5.29. The van der Waals surface area contributed by atoms with Gasteiger partial charge >= 0.3 is 0 Å².